The number of rotatable bonds is 7. The van der Waals surface area contributed by atoms with E-state index >= 15 is 0 Å². The van der Waals surface area contributed by atoms with Crippen molar-refractivity contribution in [3.05, 3.63) is 88.4 Å². The van der Waals surface area contributed by atoms with Crippen molar-refractivity contribution in [3.63, 3.8) is 0 Å². The second-order valence-electron chi connectivity index (χ2n) is 6.16. The lowest BCUT2D eigenvalue weighted by Crippen LogP contribution is -2.30. The van der Waals surface area contributed by atoms with Crippen molar-refractivity contribution in [1.29, 1.82) is 0 Å². The second kappa shape index (κ2) is 9.02. The summed E-state index contributed by atoms with van der Waals surface area (Å²) in [5.74, 6) is -0.00986. The molecule has 4 aromatic rings. The lowest BCUT2D eigenvalue weighted by Gasteiger charge is -2.17. The van der Waals surface area contributed by atoms with Crippen LogP contribution in [0.15, 0.2) is 77.3 Å². The summed E-state index contributed by atoms with van der Waals surface area (Å²) in [4.78, 5) is 17.9. The van der Waals surface area contributed by atoms with Gasteiger partial charge in [0, 0.05) is 4.88 Å². The molecule has 0 saturated carbocycles. The molecule has 1 atom stereocenters. The number of thioether (sulfide) groups is 1. The minimum absolute atomic E-state index is 0.130. The summed E-state index contributed by atoms with van der Waals surface area (Å²) in [6.07, 6.45) is 0. The lowest BCUT2D eigenvalue weighted by molar-refractivity contribution is -0.119. The van der Waals surface area contributed by atoms with Crippen LogP contribution < -0.4 is 5.32 Å². The first kappa shape index (κ1) is 19.4. The Labute approximate surface area is 175 Å². The monoisotopic (exact) mass is 424 g/mol. The predicted octanol–water partition coefficient (Wildman–Crippen LogP) is 4.67. The topological polar surface area (TPSA) is 70.7 Å². The van der Waals surface area contributed by atoms with E-state index in [1.165, 1.54) is 17.8 Å². The fourth-order valence-corrected chi connectivity index (χ4v) is 4.25. The average molecular weight is 425 g/mol. The van der Waals surface area contributed by atoms with E-state index in [9.17, 15) is 9.18 Å². The molecule has 0 aliphatic carbocycles. The van der Waals surface area contributed by atoms with Gasteiger partial charge in [-0.2, -0.15) is 0 Å². The normalized spacial score (nSPS) is 11.9. The number of benzene rings is 2. The standard InChI is InChI=1S/C21H17FN4OS2/c22-16-10-5-4-9-15(16)20-24-21(26-25-20)29-13-18(27)23-19(17-11-6-12-28-17)14-7-2-1-3-8-14/h1-12,19H,13H2,(H,23,27)(H,24,25,26). The number of carbonyl (C=O) groups excluding carboxylic acids is 1. The Balaban J connectivity index is 1.41. The first-order chi connectivity index (χ1) is 14.2. The molecule has 0 saturated heterocycles. The molecule has 1 amide bonds. The number of H-pyrrole nitrogens is 1. The third-order valence-corrected chi connectivity index (χ3v) is 5.98. The highest BCUT2D eigenvalue weighted by atomic mass is 32.2. The number of amides is 1. The highest BCUT2D eigenvalue weighted by Gasteiger charge is 2.18. The van der Waals surface area contributed by atoms with Gasteiger partial charge in [-0.05, 0) is 29.1 Å². The van der Waals surface area contributed by atoms with Crippen LogP contribution in [0.5, 0.6) is 0 Å². The van der Waals surface area contributed by atoms with Gasteiger partial charge in [0.05, 0.1) is 17.4 Å². The minimum atomic E-state index is -0.375. The summed E-state index contributed by atoms with van der Waals surface area (Å²) in [5, 5.41) is 12.3. The van der Waals surface area contributed by atoms with Gasteiger partial charge in [-0.1, -0.05) is 60.3 Å². The van der Waals surface area contributed by atoms with Crippen LogP contribution in [0.4, 0.5) is 4.39 Å². The third kappa shape index (κ3) is 4.72. The molecule has 146 valence electrons. The molecule has 8 heteroatoms. The molecular weight excluding hydrogens is 407 g/mol. The minimum Gasteiger partial charge on any atom is -0.344 e. The zero-order valence-corrected chi connectivity index (χ0v) is 16.8. The van der Waals surface area contributed by atoms with Gasteiger partial charge in [0.2, 0.25) is 11.1 Å². The maximum Gasteiger partial charge on any atom is 0.231 e. The Hall–Kier alpha value is -2.97. The van der Waals surface area contributed by atoms with Crippen molar-refractivity contribution in [3.8, 4) is 11.4 Å². The van der Waals surface area contributed by atoms with E-state index in [1.807, 2.05) is 47.8 Å². The van der Waals surface area contributed by atoms with Crippen LogP contribution in [-0.4, -0.2) is 26.8 Å². The molecule has 0 aliphatic heterocycles. The van der Waals surface area contributed by atoms with Gasteiger partial charge >= 0.3 is 0 Å². The number of carbonyl (C=O) groups is 1. The summed E-state index contributed by atoms with van der Waals surface area (Å²) in [7, 11) is 0. The number of halogens is 1. The Morgan fingerprint density at radius 3 is 2.66 bits per heavy atom. The summed E-state index contributed by atoms with van der Waals surface area (Å²) in [6, 6.07) is 20.0. The summed E-state index contributed by atoms with van der Waals surface area (Å²) >= 11 is 2.80. The molecule has 2 aromatic heterocycles. The number of aromatic nitrogens is 3. The smallest absolute Gasteiger partial charge is 0.231 e. The number of nitrogens with one attached hydrogen (secondary N) is 2. The van der Waals surface area contributed by atoms with Crippen LogP contribution >= 0.6 is 23.1 Å². The molecule has 0 fully saturated rings. The first-order valence-corrected chi connectivity index (χ1v) is 10.7. The van der Waals surface area contributed by atoms with E-state index in [0.717, 1.165) is 10.4 Å². The second-order valence-corrected chi connectivity index (χ2v) is 8.08. The van der Waals surface area contributed by atoms with E-state index in [-0.39, 0.29) is 23.5 Å². The number of aromatic amines is 1. The van der Waals surface area contributed by atoms with Gasteiger partial charge in [0.15, 0.2) is 5.82 Å². The molecule has 4 rings (SSSR count). The highest BCUT2D eigenvalue weighted by Crippen LogP contribution is 2.26. The number of hydrogen-bond acceptors (Lipinski definition) is 5. The van der Waals surface area contributed by atoms with Crippen molar-refractivity contribution in [2.45, 2.75) is 11.2 Å². The van der Waals surface area contributed by atoms with Crippen LogP contribution in [0.3, 0.4) is 0 Å². The molecule has 0 aliphatic rings. The molecule has 2 aromatic carbocycles. The van der Waals surface area contributed by atoms with Crippen molar-refractivity contribution in [2.24, 2.45) is 0 Å². The molecule has 0 radical (unpaired) electrons. The van der Waals surface area contributed by atoms with E-state index in [1.54, 1.807) is 29.5 Å². The van der Waals surface area contributed by atoms with Gasteiger partial charge in [-0.3, -0.25) is 9.89 Å². The van der Waals surface area contributed by atoms with Crippen LogP contribution in [0, 0.1) is 5.82 Å². The number of hydrogen-bond donors (Lipinski definition) is 2. The van der Waals surface area contributed by atoms with E-state index < -0.39 is 0 Å². The molecule has 5 nitrogen and oxygen atoms in total. The van der Waals surface area contributed by atoms with Gasteiger partial charge in [0.25, 0.3) is 0 Å². The molecule has 29 heavy (non-hydrogen) atoms. The summed E-state index contributed by atoms with van der Waals surface area (Å²) in [5.41, 5.74) is 1.37. The molecule has 2 N–H and O–H groups in total. The third-order valence-electron chi connectivity index (χ3n) is 4.19. The number of nitrogens with zero attached hydrogens (tertiary/aromatic N) is 2. The fraction of sp³-hybridized carbons (Fsp3) is 0.0952. The Bertz CT molecular complexity index is 1080. The van der Waals surface area contributed by atoms with Gasteiger partial charge in [0.1, 0.15) is 5.82 Å². The van der Waals surface area contributed by atoms with Crippen LogP contribution in [0.2, 0.25) is 0 Å². The summed E-state index contributed by atoms with van der Waals surface area (Å²) in [6.45, 7) is 0. The highest BCUT2D eigenvalue weighted by molar-refractivity contribution is 7.99. The molecule has 1 unspecified atom stereocenters. The predicted molar refractivity (Wildman–Crippen MR) is 113 cm³/mol. The zero-order chi connectivity index (χ0) is 20.1. The molecule has 0 bridgehead atoms. The van der Waals surface area contributed by atoms with Crippen LogP contribution in [0.1, 0.15) is 16.5 Å². The molecule has 0 spiro atoms. The van der Waals surface area contributed by atoms with Crippen LogP contribution in [0.25, 0.3) is 11.4 Å². The van der Waals surface area contributed by atoms with Gasteiger partial charge < -0.3 is 5.32 Å². The molecular formula is C21H17FN4OS2. The van der Waals surface area contributed by atoms with Gasteiger partial charge in [-0.25, -0.2) is 9.37 Å². The summed E-state index contributed by atoms with van der Waals surface area (Å²) < 4.78 is 13.9. The Morgan fingerprint density at radius 1 is 1.10 bits per heavy atom. The van der Waals surface area contributed by atoms with Crippen molar-refractivity contribution in [2.75, 3.05) is 5.75 Å². The largest absolute Gasteiger partial charge is 0.344 e. The van der Waals surface area contributed by atoms with Crippen molar-refractivity contribution >= 4 is 29.0 Å². The Morgan fingerprint density at radius 2 is 1.90 bits per heavy atom. The average Bonchev–Trinajstić information content (AvgIpc) is 3.44. The maximum absolute atomic E-state index is 13.9. The molecule has 2 heterocycles. The lowest BCUT2D eigenvalue weighted by atomic mass is 10.1. The van der Waals surface area contributed by atoms with E-state index in [4.69, 9.17) is 0 Å². The van der Waals surface area contributed by atoms with E-state index in [2.05, 4.69) is 20.5 Å². The van der Waals surface area contributed by atoms with Gasteiger partial charge in [-0.15, -0.1) is 16.4 Å². The maximum atomic E-state index is 13.9. The fourth-order valence-electron chi connectivity index (χ4n) is 2.84. The Kier molecular flexibility index (Phi) is 6.02. The zero-order valence-electron chi connectivity index (χ0n) is 15.2. The first-order valence-electron chi connectivity index (χ1n) is 8.88. The van der Waals surface area contributed by atoms with E-state index in [0.29, 0.717) is 16.5 Å². The van der Waals surface area contributed by atoms with Crippen molar-refractivity contribution < 1.29 is 9.18 Å². The SMILES string of the molecule is O=C(CSc1n[nH]c(-c2ccccc2F)n1)NC(c1ccccc1)c1cccs1. The van der Waals surface area contributed by atoms with Crippen molar-refractivity contribution in [1.82, 2.24) is 20.5 Å². The quantitative estimate of drug-likeness (QED) is 0.423. The van der Waals surface area contributed by atoms with Crippen LogP contribution in [-0.2, 0) is 4.79 Å². The number of thiophene rings is 1.